The van der Waals surface area contributed by atoms with E-state index in [-0.39, 0.29) is 23.8 Å². The lowest BCUT2D eigenvalue weighted by Gasteiger charge is -2.23. The average molecular weight is 328 g/mol. The number of phenolic OH excluding ortho intramolecular Hbond substituents is 1. The molecule has 0 aliphatic carbocycles. The van der Waals surface area contributed by atoms with Crippen LogP contribution in [-0.2, 0) is 0 Å². The minimum absolute atomic E-state index is 0.0240. The second-order valence-electron chi connectivity index (χ2n) is 6.01. The lowest BCUT2D eigenvalue weighted by Crippen LogP contribution is -2.29. The maximum atomic E-state index is 10.4. The molecule has 1 aliphatic rings. The summed E-state index contributed by atoms with van der Waals surface area (Å²) >= 11 is 0. The Kier molecular flexibility index (Phi) is 4.92. The van der Waals surface area contributed by atoms with Gasteiger partial charge >= 0.3 is 0 Å². The molecule has 3 rings (SSSR count). The zero-order valence-corrected chi connectivity index (χ0v) is 14.2. The molecule has 0 aromatic heterocycles. The number of rotatable bonds is 5. The number of benzene rings is 2. The quantitative estimate of drug-likeness (QED) is 0.787. The van der Waals surface area contributed by atoms with Crippen LogP contribution in [0.25, 0.3) is 0 Å². The molecule has 0 saturated carbocycles. The predicted octanol–water partition coefficient (Wildman–Crippen LogP) is 3.12. The first-order valence-corrected chi connectivity index (χ1v) is 8.24. The molecule has 1 saturated heterocycles. The summed E-state index contributed by atoms with van der Waals surface area (Å²) in [5.74, 6) is 1.96. The maximum absolute atomic E-state index is 10.4. The van der Waals surface area contributed by atoms with Gasteiger partial charge in [-0.05, 0) is 37.6 Å². The molecule has 2 aromatic carbocycles. The summed E-state index contributed by atoms with van der Waals surface area (Å²) in [6.07, 6.45) is 0. The molecule has 0 spiro atoms. The summed E-state index contributed by atoms with van der Waals surface area (Å²) in [4.78, 5) is 0. The van der Waals surface area contributed by atoms with Gasteiger partial charge in [0.1, 0.15) is 17.2 Å². The number of phenols is 1. The zero-order chi connectivity index (χ0) is 17.1. The molecule has 0 bridgehead atoms. The molecule has 128 valence electrons. The van der Waals surface area contributed by atoms with E-state index < -0.39 is 0 Å². The normalized spacial score (nSPS) is 23.2. The Morgan fingerprint density at radius 3 is 2.38 bits per heavy atom. The maximum Gasteiger partial charge on any atom is 0.124 e. The average Bonchev–Trinajstić information content (AvgIpc) is 2.97. The van der Waals surface area contributed by atoms with Gasteiger partial charge in [-0.15, -0.1) is 0 Å². The van der Waals surface area contributed by atoms with Crippen LogP contribution < -0.4 is 20.3 Å². The van der Waals surface area contributed by atoms with Crippen molar-refractivity contribution in [3.05, 3.63) is 53.6 Å². The Labute approximate surface area is 142 Å². The number of aromatic hydroxyl groups is 1. The highest BCUT2D eigenvalue weighted by Gasteiger charge is 2.36. The smallest absolute Gasteiger partial charge is 0.124 e. The predicted molar refractivity (Wildman–Crippen MR) is 93.5 cm³/mol. The third-order valence-corrected chi connectivity index (χ3v) is 4.51. The third-order valence-electron chi connectivity index (χ3n) is 4.51. The second kappa shape index (κ2) is 7.11. The molecule has 5 heteroatoms. The van der Waals surface area contributed by atoms with E-state index in [4.69, 9.17) is 9.47 Å². The topological polar surface area (TPSA) is 62.8 Å². The first-order chi connectivity index (χ1) is 11.6. The second-order valence-corrected chi connectivity index (χ2v) is 6.01. The van der Waals surface area contributed by atoms with Crippen molar-refractivity contribution in [2.45, 2.75) is 31.8 Å². The van der Waals surface area contributed by atoms with Gasteiger partial charge in [0.25, 0.3) is 0 Å². The Morgan fingerprint density at radius 1 is 1.04 bits per heavy atom. The highest BCUT2D eigenvalue weighted by molar-refractivity contribution is 5.44. The van der Waals surface area contributed by atoms with E-state index >= 15 is 0 Å². The Balaban J connectivity index is 1.91. The number of nitrogens with one attached hydrogen (secondary N) is 2. The summed E-state index contributed by atoms with van der Waals surface area (Å²) in [6, 6.07) is 13.8. The fraction of sp³-hybridized carbons (Fsp3) is 0.368. The van der Waals surface area contributed by atoms with Crippen LogP contribution in [0.2, 0.25) is 0 Å². The van der Waals surface area contributed by atoms with Crippen LogP contribution in [0, 0.1) is 0 Å². The van der Waals surface area contributed by atoms with Crippen molar-refractivity contribution < 1.29 is 14.6 Å². The van der Waals surface area contributed by atoms with Crippen molar-refractivity contribution in [1.82, 2.24) is 10.9 Å². The van der Waals surface area contributed by atoms with Gasteiger partial charge in [-0.1, -0.05) is 18.2 Å². The summed E-state index contributed by atoms with van der Waals surface area (Å²) in [5.41, 5.74) is 8.65. The van der Waals surface area contributed by atoms with Crippen molar-refractivity contribution in [3.63, 3.8) is 0 Å². The van der Waals surface area contributed by atoms with Crippen molar-refractivity contribution in [2.24, 2.45) is 0 Å². The number of methoxy groups -OCH3 is 1. The van der Waals surface area contributed by atoms with Gasteiger partial charge in [0.05, 0.1) is 19.8 Å². The van der Waals surface area contributed by atoms with Gasteiger partial charge in [-0.3, -0.25) is 5.43 Å². The van der Waals surface area contributed by atoms with Gasteiger partial charge in [0.15, 0.2) is 0 Å². The van der Waals surface area contributed by atoms with E-state index in [9.17, 15) is 5.11 Å². The van der Waals surface area contributed by atoms with Crippen LogP contribution in [0.1, 0.15) is 36.9 Å². The number of hydrogen-bond acceptors (Lipinski definition) is 5. The molecule has 3 atom stereocenters. The van der Waals surface area contributed by atoms with Crippen molar-refractivity contribution in [3.8, 4) is 17.2 Å². The van der Waals surface area contributed by atoms with Crippen LogP contribution in [-0.4, -0.2) is 24.9 Å². The van der Waals surface area contributed by atoms with Crippen molar-refractivity contribution >= 4 is 0 Å². The largest absolute Gasteiger partial charge is 0.507 e. The highest BCUT2D eigenvalue weighted by atomic mass is 16.5. The molecular weight excluding hydrogens is 304 g/mol. The third kappa shape index (κ3) is 3.18. The van der Waals surface area contributed by atoms with E-state index in [1.807, 2.05) is 31.2 Å². The summed E-state index contributed by atoms with van der Waals surface area (Å²) in [6.45, 7) is 4.63. The molecular formula is C19H24N2O3. The first-order valence-electron chi connectivity index (χ1n) is 8.24. The molecule has 1 heterocycles. The minimum Gasteiger partial charge on any atom is -0.507 e. The molecule has 24 heavy (non-hydrogen) atoms. The number of hydrogen-bond donors (Lipinski definition) is 3. The summed E-state index contributed by atoms with van der Waals surface area (Å²) in [5, 5.41) is 10.4. The van der Waals surface area contributed by atoms with Crippen LogP contribution in [0.15, 0.2) is 42.5 Å². The van der Waals surface area contributed by atoms with E-state index in [2.05, 4.69) is 29.9 Å². The van der Waals surface area contributed by atoms with E-state index in [0.29, 0.717) is 12.4 Å². The Bertz CT molecular complexity index is 688. The molecule has 0 amide bonds. The van der Waals surface area contributed by atoms with Gasteiger partial charge in [-0.25, -0.2) is 5.43 Å². The van der Waals surface area contributed by atoms with E-state index in [1.54, 1.807) is 13.2 Å². The summed E-state index contributed by atoms with van der Waals surface area (Å²) in [7, 11) is 1.66. The standard InChI is InChI=1S/C19H24N2O3/c1-4-24-15-9-10-16(17(22)11-15)19-18(12(2)20-21-19)13-5-7-14(23-3)8-6-13/h5-12,18-22H,4H2,1-3H3. The van der Waals surface area contributed by atoms with Crippen molar-refractivity contribution in [2.75, 3.05) is 13.7 Å². The molecule has 3 unspecified atom stereocenters. The molecule has 1 aliphatic heterocycles. The highest BCUT2D eigenvalue weighted by Crippen LogP contribution is 2.41. The van der Waals surface area contributed by atoms with Gasteiger partial charge in [0.2, 0.25) is 0 Å². The van der Waals surface area contributed by atoms with Crippen molar-refractivity contribution in [1.29, 1.82) is 0 Å². The lowest BCUT2D eigenvalue weighted by molar-refractivity contribution is 0.336. The fourth-order valence-corrected chi connectivity index (χ4v) is 3.31. The molecule has 0 radical (unpaired) electrons. The van der Waals surface area contributed by atoms with Gasteiger partial charge < -0.3 is 14.6 Å². The monoisotopic (exact) mass is 328 g/mol. The van der Waals surface area contributed by atoms with E-state index in [0.717, 1.165) is 11.3 Å². The van der Waals surface area contributed by atoms with Gasteiger partial charge in [0, 0.05) is 23.6 Å². The molecule has 2 aromatic rings. The fourth-order valence-electron chi connectivity index (χ4n) is 3.31. The Hall–Kier alpha value is -2.24. The zero-order valence-electron chi connectivity index (χ0n) is 14.2. The molecule has 1 fully saturated rings. The summed E-state index contributed by atoms with van der Waals surface area (Å²) < 4.78 is 10.7. The first kappa shape index (κ1) is 16.6. The Morgan fingerprint density at radius 2 is 1.75 bits per heavy atom. The van der Waals surface area contributed by atoms with Crippen LogP contribution in [0.3, 0.4) is 0 Å². The number of ether oxygens (including phenoxy) is 2. The molecule has 3 N–H and O–H groups in total. The molecule has 5 nitrogen and oxygen atoms in total. The van der Waals surface area contributed by atoms with Gasteiger partial charge in [-0.2, -0.15) is 0 Å². The lowest BCUT2D eigenvalue weighted by atomic mass is 9.84. The SMILES string of the molecule is CCOc1ccc(C2NNC(C)C2c2ccc(OC)cc2)c(O)c1. The number of hydrazine groups is 1. The van der Waals surface area contributed by atoms with Crippen LogP contribution in [0.5, 0.6) is 17.2 Å². The minimum atomic E-state index is -0.0240. The van der Waals surface area contributed by atoms with Crippen LogP contribution in [0.4, 0.5) is 0 Å². The van der Waals surface area contributed by atoms with Crippen LogP contribution >= 0.6 is 0 Å². The van der Waals surface area contributed by atoms with E-state index in [1.165, 1.54) is 5.56 Å².